The number of para-hydroxylation sites is 2. The maximum Gasteiger partial charge on any atom is 0.0641 e. The molecule has 0 atom stereocenters. The minimum Gasteiger partial charge on any atom is -0.312 e. The fourth-order valence-corrected chi connectivity index (χ4v) is 7.33. The monoisotopic (exact) mass is 512 g/mol. The summed E-state index contributed by atoms with van der Waals surface area (Å²) in [6, 6.07) is 35.8. The van der Waals surface area contributed by atoms with Crippen molar-refractivity contribution in [3.05, 3.63) is 132 Å². The Hall–Kier alpha value is -4.82. The van der Waals surface area contributed by atoms with Crippen LogP contribution in [0, 0.1) is 0 Å². The Balaban J connectivity index is 1.52. The molecule has 5 aromatic carbocycles. The summed E-state index contributed by atoms with van der Waals surface area (Å²) >= 11 is 0. The first-order chi connectivity index (χ1) is 19.9. The van der Waals surface area contributed by atoms with Gasteiger partial charge >= 0.3 is 0 Å². The first-order valence-electron chi connectivity index (χ1n) is 14.4. The van der Waals surface area contributed by atoms with Crippen LogP contribution < -0.4 is 0 Å². The summed E-state index contributed by atoms with van der Waals surface area (Å²) < 4.78 is 5.11. The SMILES string of the molecule is C1=Cc2c(cc3ccccc3c2-n2c3c(c4c2ccc2c5ccccc5n(-c5ccccc5)c24)C=CCC3)CC1. The number of fused-ring (bicyclic) bond motifs is 9. The van der Waals surface area contributed by atoms with Crippen LogP contribution in [-0.2, 0) is 12.8 Å². The molecule has 0 spiro atoms. The lowest BCUT2D eigenvalue weighted by Gasteiger charge is -2.22. The van der Waals surface area contributed by atoms with Gasteiger partial charge in [0.1, 0.15) is 0 Å². The van der Waals surface area contributed by atoms with Crippen LogP contribution in [-0.4, -0.2) is 9.13 Å². The molecule has 2 nitrogen and oxygen atoms in total. The van der Waals surface area contributed by atoms with Gasteiger partial charge in [0.05, 0.1) is 22.2 Å². The molecule has 2 aliphatic carbocycles. The largest absolute Gasteiger partial charge is 0.312 e. The van der Waals surface area contributed by atoms with Crippen LogP contribution in [0.5, 0.6) is 0 Å². The van der Waals surface area contributed by atoms with Crippen LogP contribution in [0.4, 0.5) is 0 Å². The Morgan fingerprint density at radius 3 is 2.20 bits per heavy atom. The van der Waals surface area contributed by atoms with Gasteiger partial charge in [0.2, 0.25) is 0 Å². The molecular weight excluding hydrogens is 484 g/mol. The molecule has 7 aromatic rings. The Morgan fingerprint density at radius 2 is 1.30 bits per heavy atom. The summed E-state index contributed by atoms with van der Waals surface area (Å²) in [5, 5.41) is 6.62. The van der Waals surface area contributed by atoms with Gasteiger partial charge in [-0.2, -0.15) is 0 Å². The third-order valence-corrected chi connectivity index (χ3v) is 8.99. The van der Waals surface area contributed by atoms with E-state index in [-0.39, 0.29) is 0 Å². The number of benzene rings is 5. The molecule has 40 heavy (non-hydrogen) atoms. The second-order valence-electron chi connectivity index (χ2n) is 11.1. The lowest BCUT2D eigenvalue weighted by atomic mass is 9.91. The average molecular weight is 513 g/mol. The molecule has 0 saturated carbocycles. The first kappa shape index (κ1) is 22.0. The number of allylic oxidation sites excluding steroid dienone is 2. The number of hydrogen-bond acceptors (Lipinski definition) is 0. The molecule has 0 unspecified atom stereocenters. The van der Waals surface area contributed by atoms with Crippen LogP contribution in [0.15, 0.2) is 109 Å². The highest BCUT2D eigenvalue weighted by atomic mass is 15.0. The maximum absolute atomic E-state index is 2.62. The van der Waals surface area contributed by atoms with Crippen LogP contribution in [0.1, 0.15) is 35.2 Å². The molecule has 0 fully saturated rings. The molecule has 0 amide bonds. The van der Waals surface area contributed by atoms with Crippen LogP contribution in [0.2, 0.25) is 0 Å². The summed E-state index contributed by atoms with van der Waals surface area (Å²) in [4.78, 5) is 0. The summed E-state index contributed by atoms with van der Waals surface area (Å²) in [6.07, 6.45) is 13.8. The van der Waals surface area contributed by atoms with Gasteiger partial charge in [0, 0.05) is 44.1 Å². The fourth-order valence-electron chi connectivity index (χ4n) is 7.33. The molecule has 190 valence electrons. The zero-order chi connectivity index (χ0) is 26.2. The van der Waals surface area contributed by atoms with Crippen molar-refractivity contribution in [1.29, 1.82) is 0 Å². The molecule has 0 saturated heterocycles. The summed E-state index contributed by atoms with van der Waals surface area (Å²) in [6.45, 7) is 0. The molecule has 0 radical (unpaired) electrons. The van der Waals surface area contributed by atoms with Crippen molar-refractivity contribution >= 4 is 55.6 Å². The predicted octanol–water partition coefficient (Wildman–Crippen LogP) is 9.80. The highest BCUT2D eigenvalue weighted by Crippen LogP contribution is 2.45. The molecule has 0 N–H and O–H groups in total. The lowest BCUT2D eigenvalue weighted by molar-refractivity contribution is 0.886. The normalized spacial score (nSPS) is 14.4. The van der Waals surface area contributed by atoms with E-state index in [0.29, 0.717) is 0 Å². The van der Waals surface area contributed by atoms with Crippen molar-refractivity contribution in [2.24, 2.45) is 0 Å². The zero-order valence-corrected chi connectivity index (χ0v) is 22.3. The number of aromatic nitrogens is 2. The smallest absolute Gasteiger partial charge is 0.0641 e. The third-order valence-electron chi connectivity index (χ3n) is 8.99. The maximum atomic E-state index is 2.62. The van der Waals surface area contributed by atoms with Gasteiger partial charge in [-0.25, -0.2) is 0 Å². The molecule has 0 aliphatic heterocycles. The van der Waals surface area contributed by atoms with Gasteiger partial charge in [-0.15, -0.1) is 0 Å². The Morgan fingerprint density at radius 1 is 0.550 bits per heavy atom. The minimum atomic E-state index is 1.04. The van der Waals surface area contributed by atoms with Crippen molar-refractivity contribution in [2.75, 3.05) is 0 Å². The molecule has 2 aliphatic rings. The molecule has 0 bridgehead atoms. The zero-order valence-electron chi connectivity index (χ0n) is 22.3. The summed E-state index contributed by atoms with van der Waals surface area (Å²) in [5.41, 5.74) is 12.0. The quantitative estimate of drug-likeness (QED) is 0.218. The van der Waals surface area contributed by atoms with E-state index in [9.17, 15) is 0 Å². The molecule has 2 heterocycles. The van der Waals surface area contributed by atoms with Gasteiger partial charge < -0.3 is 9.13 Å². The van der Waals surface area contributed by atoms with Crippen molar-refractivity contribution in [1.82, 2.24) is 9.13 Å². The highest BCUT2D eigenvalue weighted by Gasteiger charge is 2.26. The predicted molar refractivity (Wildman–Crippen MR) is 170 cm³/mol. The van der Waals surface area contributed by atoms with Gasteiger partial charge in [-0.3, -0.25) is 0 Å². The van der Waals surface area contributed by atoms with Crippen molar-refractivity contribution in [3.8, 4) is 11.4 Å². The van der Waals surface area contributed by atoms with Gasteiger partial charge in [-0.1, -0.05) is 97.1 Å². The van der Waals surface area contributed by atoms with E-state index < -0.39 is 0 Å². The van der Waals surface area contributed by atoms with E-state index >= 15 is 0 Å². The molecule has 9 rings (SSSR count). The number of aryl methyl sites for hydroxylation is 1. The number of hydrogen-bond donors (Lipinski definition) is 0. The Kier molecular flexibility index (Phi) is 4.59. The third kappa shape index (κ3) is 2.94. The van der Waals surface area contributed by atoms with Crippen molar-refractivity contribution in [3.63, 3.8) is 0 Å². The van der Waals surface area contributed by atoms with Gasteiger partial charge in [0.25, 0.3) is 0 Å². The van der Waals surface area contributed by atoms with E-state index in [2.05, 4.69) is 131 Å². The lowest BCUT2D eigenvalue weighted by Crippen LogP contribution is -2.08. The first-order valence-corrected chi connectivity index (χ1v) is 14.4. The molecule has 2 heteroatoms. The summed E-state index contributed by atoms with van der Waals surface area (Å²) in [5.74, 6) is 0. The number of nitrogens with zero attached hydrogens (tertiary/aromatic N) is 2. The topological polar surface area (TPSA) is 9.86 Å². The van der Waals surface area contributed by atoms with Crippen LogP contribution in [0.3, 0.4) is 0 Å². The van der Waals surface area contributed by atoms with Crippen molar-refractivity contribution < 1.29 is 0 Å². The van der Waals surface area contributed by atoms with E-state index in [4.69, 9.17) is 0 Å². The highest BCUT2D eigenvalue weighted by molar-refractivity contribution is 6.21. The van der Waals surface area contributed by atoms with Gasteiger partial charge in [-0.05, 0) is 60.9 Å². The van der Waals surface area contributed by atoms with E-state index in [1.165, 1.54) is 77.2 Å². The second-order valence-corrected chi connectivity index (χ2v) is 11.1. The Bertz CT molecular complexity index is 2200. The summed E-state index contributed by atoms with van der Waals surface area (Å²) in [7, 11) is 0. The van der Waals surface area contributed by atoms with E-state index in [0.717, 1.165) is 25.7 Å². The van der Waals surface area contributed by atoms with E-state index in [1.807, 2.05) is 0 Å². The molecular formula is C38H28N2. The second kappa shape index (κ2) is 8.34. The molecule has 2 aromatic heterocycles. The van der Waals surface area contributed by atoms with E-state index in [1.54, 1.807) is 0 Å². The Labute approximate surface area is 233 Å². The van der Waals surface area contributed by atoms with Gasteiger partial charge in [0.15, 0.2) is 0 Å². The number of rotatable bonds is 2. The van der Waals surface area contributed by atoms with Crippen LogP contribution >= 0.6 is 0 Å². The fraction of sp³-hybridized carbons (Fsp3) is 0.105. The standard InChI is InChI=1S/C38H28N2/c1-2-14-27(15-3-1)39-33-20-10-8-18-30(33)31-22-23-35-36(38(31)39)32-19-9-11-21-34(32)40(35)37-28-16-6-4-12-25(28)24-26-13-5-7-17-29(26)37/h1-4,6-10,12,14-20,22-24H,5,11,13,21H2. The minimum absolute atomic E-state index is 1.04. The average Bonchev–Trinajstić information content (AvgIpc) is 3.53. The van der Waals surface area contributed by atoms with Crippen molar-refractivity contribution in [2.45, 2.75) is 25.7 Å². The van der Waals surface area contributed by atoms with Crippen LogP contribution in [0.25, 0.3) is 67.0 Å².